The zero-order valence-electron chi connectivity index (χ0n) is 12.4. The van der Waals surface area contributed by atoms with Gasteiger partial charge in [0.25, 0.3) is 0 Å². The standard InChI is InChI=1S/C18H18N2O2/c1-22-18-8-3-2-7-16(18)14-5-4-6-15(11-14)17(21)12-20-10-9-19-13-20/h2-11,13,17,21H,12H2,1H3. The molecule has 0 spiro atoms. The lowest BCUT2D eigenvalue weighted by atomic mass is 10.00. The number of rotatable bonds is 5. The molecule has 1 N–H and O–H groups in total. The van der Waals surface area contributed by atoms with Crippen molar-refractivity contribution in [2.75, 3.05) is 7.11 Å². The Balaban J connectivity index is 1.89. The Hall–Kier alpha value is -2.59. The molecule has 0 fully saturated rings. The molecule has 0 saturated heterocycles. The fourth-order valence-electron chi connectivity index (χ4n) is 2.50. The number of aliphatic hydroxyl groups is 1. The van der Waals surface area contributed by atoms with Crippen molar-refractivity contribution in [2.45, 2.75) is 12.6 Å². The molecule has 1 aromatic heterocycles. The fourth-order valence-corrected chi connectivity index (χ4v) is 2.50. The van der Waals surface area contributed by atoms with E-state index in [1.165, 1.54) is 0 Å². The van der Waals surface area contributed by atoms with Crippen LogP contribution in [0, 0.1) is 0 Å². The molecule has 0 aliphatic heterocycles. The third-order valence-electron chi connectivity index (χ3n) is 3.63. The number of nitrogens with zero attached hydrogens (tertiary/aromatic N) is 2. The first-order valence-corrected chi connectivity index (χ1v) is 7.15. The normalized spacial score (nSPS) is 12.1. The van der Waals surface area contributed by atoms with Crippen molar-refractivity contribution < 1.29 is 9.84 Å². The molecule has 4 nitrogen and oxygen atoms in total. The first-order valence-electron chi connectivity index (χ1n) is 7.15. The Morgan fingerprint density at radius 1 is 1.18 bits per heavy atom. The van der Waals surface area contributed by atoms with E-state index in [4.69, 9.17) is 4.74 Å². The Labute approximate surface area is 129 Å². The zero-order valence-corrected chi connectivity index (χ0v) is 12.4. The van der Waals surface area contributed by atoms with Gasteiger partial charge in [-0.25, -0.2) is 4.98 Å². The van der Waals surface area contributed by atoms with Gasteiger partial charge in [0, 0.05) is 18.0 Å². The molecule has 0 radical (unpaired) electrons. The molecule has 1 unspecified atom stereocenters. The van der Waals surface area contributed by atoms with E-state index in [-0.39, 0.29) is 0 Å². The molecule has 1 atom stereocenters. The van der Waals surface area contributed by atoms with Crippen LogP contribution < -0.4 is 4.74 Å². The van der Waals surface area contributed by atoms with E-state index in [1.54, 1.807) is 19.6 Å². The van der Waals surface area contributed by atoms with E-state index < -0.39 is 6.10 Å². The Kier molecular flexibility index (Phi) is 4.21. The largest absolute Gasteiger partial charge is 0.496 e. The van der Waals surface area contributed by atoms with Crippen LogP contribution in [0.5, 0.6) is 5.75 Å². The van der Waals surface area contributed by atoms with Crippen molar-refractivity contribution in [3.05, 3.63) is 72.8 Å². The van der Waals surface area contributed by atoms with Crippen molar-refractivity contribution in [1.29, 1.82) is 0 Å². The Morgan fingerprint density at radius 2 is 2.05 bits per heavy atom. The van der Waals surface area contributed by atoms with Crippen LogP contribution in [0.4, 0.5) is 0 Å². The summed E-state index contributed by atoms with van der Waals surface area (Å²) in [6.45, 7) is 0.482. The lowest BCUT2D eigenvalue weighted by Crippen LogP contribution is -2.07. The highest BCUT2D eigenvalue weighted by atomic mass is 16.5. The number of hydrogen-bond acceptors (Lipinski definition) is 3. The summed E-state index contributed by atoms with van der Waals surface area (Å²) in [6, 6.07) is 15.8. The van der Waals surface area contributed by atoms with Gasteiger partial charge in [-0.15, -0.1) is 0 Å². The van der Waals surface area contributed by atoms with Gasteiger partial charge in [0.05, 0.1) is 26.1 Å². The smallest absolute Gasteiger partial charge is 0.126 e. The van der Waals surface area contributed by atoms with Gasteiger partial charge < -0.3 is 14.4 Å². The molecule has 0 amide bonds. The summed E-state index contributed by atoms with van der Waals surface area (Å²) in [5.41, 5.74) is 2.92. The zero-order chi connectivity index (χ0) is 15.4. The van der Waals surface area contributed by atoms with E-state index in [9.17, 15) is 5.11 Å². The predicted octanol–water partition coefficient (Wildman–Crippen LogP) is 3.29. The van der Waals surface area contributed by atoms with Crippen LogP contribution >= 0.6 is 0 Å². The van der Waals surface area contributed by atoms with Crippen LogP contribution in [0.1, 0.15) is 11.7 Å². The minimum Gasteiger partial charge on any atom is -0.496 e. The molecule has 2 aromatic carbocycles. The number of aliphatic hydroxyl groups excluding tert-OH is 1. The van der Waals surface area contributed by atoms with E-state index in [1.807, 2.05) is 59.3 Å². The van der Waals surface area contributed by atoms with Crippen molar-refractivity contribution >= 4 is 0 Å². The van der Waals surface area contributed by atoms with E-state index in [2.05, 4.69) is 4.98 Å². The molecule has 0 bridgehead atoms. The van der Waals surface area contributed by atoms with Gasteiger partial charge in [-0.1, -0.05) is 36.4 Å². The second-order valence-electron chi connectivity index (χ2n) is 5.10. The second kappa shape index (κ2) is 6.45. The first-order chi connectivity index (χ1) is 10.8. The van der Waals surface area contributed by atoms with Gasteiger partial charge in [0.15, 0.2) is 0 Å². The summed E-state index contributed by atoms with van der Waals surface area (Å²) in [7, 11) is 1.66. The number of methoxy groups -OCH3 is 1. The average Bonchev–Trinajstić information content (AvgIpc) is 3.08. The summed E-state index contributed by atoms with van der Waals surface area (Å²) in [5, 5.41) is 10.4. The highest BCUT2D eigenvalue weighted by Gasteiger charge is 2.11. The van der Waals surface area contributed by atoms with Crippen molar-refractivity contribution in [1.82, 2.24) is 9.55 Å². The number of hydrogen-bond donors (Lipinski definition) is 1. The SMILES string of the molecule is COc1ccccc1-c1cccc(C(O)Cn2ccnc2)c1. The maximum Gasteiger partial charge on any atom is 0.126 e. The molecule has 3 aromatic rings. The number of benzene rings is 2. The summed E-state index contributed by atoms with van der Waals surface area (Å²) in [4.78, 5) is 3.99. The lowest BCUT2D eigenvalue weighted by Gasteiger charge is -2.14. The van der Waals surface area contributed by atoms with Crippen LogP contribution in [-0.4, -0.2) is 21.8 Å². The quantitative estimate of drug-likeness (QED) is 0.785. The van der Waals surface area contributed by atoms with Crippen LogP contribution in [0.25, 0.3) is 11.1 Å². The molecule has 0 aliphatic carbocycles. The molecule has 112 valence electrons. The maximum atomic E-state index is 10.4. The van der Waals surface area contributed by atoms with Gasteiger partial charge in [-0.05, 0) is 23.3 Å². The van der Waals surface area contributed by atoms with Gasteiger partial charge in [0.1, 0.15) is 5.75 Å². The van der Waals surface area contributed by atoms with Crippen molar-refractivity contribution in [3.63, 3.8) is 0 Å². The number of imidazole rings is 1. The summed E-state index contributed by atoms with van der Waals surface area (Å²) < 4.78 is 7.27. The van der Waals surface area contributed by atoms with Gasteiger partial charge in [-0.2, -0.15) is 0 Å². The predicted molar refractivity (Wildman–Crippen MR) is 85.6 cm³/mol. The van der Waals surface area contributed by atoms with E-state index in [0.29, 0.717) is 6.54 Å². The van der Waals surface area contributed by atoms with Gasteiger partial charge in [-0.3, -0.25) is 0 Å². The molecular formula is C18H18N2O2. The van der Waals surface area contributed by atoms with Gasteiger partial charge >= 0.3 is 0 Å². The van der Waals surface area contributed by atoms with Gasteiger partial charge in [0.2, 0.25) is 0 Å². The molecular weight excluding hydrogens is 276 g/mol. The summed E-state index contributed by atoms with van der Waals surface area (Å²) in [6.07, 6.45) is 4.67. The topological polar surface area (TPSA) is 47.3 Å². The summed E-state index contributed by atoms with van der Waals surface area (Å²) in [5.74, 6) is 0.823. The molecule has 4 heteroatoms. The Morgan fingerprint density at radius 3 is 2.82 bits per heavy atom. The minimum atomic E-state index is -0.580. The van der Waals surface area contributed by atoms with Crippen LogP contribution in [0.2, 0.25) is 0 Å². The monoisotopic (exact) mass is 294 g/mol. The number of ether oxygens (including phenoxy) is 1. The third-order valence-corrected chi connectivity index (χ3v) is 3.63. The molecule has 0 aliphatic rings. The molecule has 0 saturated carbocycles. The summed E-state index contributed by atoms with van der Waals surface area (Å²) >= 11 is 0. The highest BCUT2D eigenvalue weighted by molar-refractivity contribution is 5.70. The molecule has 22 heavy (non-hydrogen) atoms. The molecule has 3 rings (SSSR count). The third kappa shape index (κ3) is 3.02. The number of para-hydroxylation sites is 1. The van der Waals surface area contributed by atoms with Crippen LogP contribution in [0.15, 0.2) is 67.3 Å². The van der Waals surface area contributed by atoms with E-state index >= 15 is 0 Å². The highest BCUT2D eigenvalue weighted by Crippen LogP contribution is 2.31. The lowest BCUT2D eigenvalue weighted by molar-refractivity contribution is 0.156. The average molecular weight is 294 g/mol. The first kappa shape index (κ1) is 14.4. The van der Waals surface area contributed by atoms with Crippen molar-refractivity contribution in [2.24, 2.45) is 0 Å². The van der Waals surface area contributed by atoms with Crippen molar-refractivity contribution in [3.8, 4) is 16.9 Å². The fraction of sp³-hybridized carbons (Fsp3) is 0.167. The van der Waals surface area contributed by atoms with E-state index in [0.717, 1.165) is 22.4 Å². The van der Waals surface area contributed by atoms with Crippen LogP contribution in [0.3, 0.4) is 0 Å². The minimum absolute atomic E-state index is 0.482. The van der Waals surface area contributed by atoms with Crippen LogP contribution in [-0.2, 0) is 6.54 Å². The number of aromatic nitrogens is 2. The Bertz CT molecular complexity index is 738. The maximum absolute atomic E-state index is 10.4. The molecule has 1 heterocycles. The second-order valence-corrected chi connectivity index (χ2v) is 5.10.